The highest BCUT2D eigenvalue weighted by molar-refractivity contribution is 8.00. The first kappa shape index (κ1) is 12.2. The zero-order valence-electron chi connectivity index (χ0n) is 9.67. The Hall–Kier alpha value is -1.86. The van der Waals surface area contributed by atoms with E-state index < -0.39 is 0 Å². The first-order valence-corrected chi connectivity index (χ1v) is 7.36. The largest absolute Gasteiger partial charge is 0.324 e. The van der Waals surface area contributed by atoms with E-state index in [1.807, 2.05) is 6.07 Å². The van der Waals surface area contributed by atoms with E-state index in [9.17, 15) is 9.59 Å². The number of thiazole rings is 1. The summed E-state index contributed by atoms with van der Waals surface area (Å²) in [5, 5.41) is 7.81. The van der Waals surface area contributed by atoms with Gasteiger partial charge in [0.05, 0.1) is 11.4 Å². The van der Waals surface area contributed by atoms with Crippen molar-refractivity contribution >= 4 is 45.7 Å². The molecule has 0 saturated carbocycles. The number of amides is 2. The quantitative estimate of drug-likeness (QED) is 0.891. The molecule has 0 spiro atoms. The molecule has 1 aromatic heterocycles. The summed E-state index contributed by atoms with van der Waals surface area (Å²) in [4.78, 5) is 28.3. The normalized spacial score (nSPS) is 13.6. The Morgan fingerprint density at radius 2 is 2.32 bits per heavy atom. The fourth-order valence-corrected chi connectivity index (χ4v) is 2.99. The van der Waals surface area contributed by atoms with E-state index in [-0.39, 0.29) is 11.8 Å². The molecule has 1 aromatic carbocycles. The van der Waals surface area contributed by atoms with E-state index in [1.165, 1.54) is 23.1 Å². The predicted octanol–water partition coefficient (Wildman–Crippen LogP) is 2.44. The first-order valence-electron chi connectivity index (χ1n) is 5.50. The molecule has 19 heavy (non-hydrogen) atoms. The summed E-state index contributed by atoms with van der Waals surface area (Å²) in [6.45, 7) is 0. The van der Waals surface area contributed by atoms with Crippen LogP contribution in [0.1, 0.15) is 10.4 Å². The van der Waals surface area contributed by atoms with Crippen molar-refractivity contribution in [2.45, 2.75) is 4.90 Å². The predicted molar refractivity (Wildman–Crippen MR) is 75.9 cm³/mol. The van der Waals surface area contributed by atoms with E-state index in [0.29, 0.717) is 22.1 Å². The monoisotopic (exact) mass is 291 g/mol. The molecule has 1 aliphatic rings. The second-order valence-electron chi connectivity index (χ2n) is 3.84. The number of benzene rings is 1. The lowest BCUT2D eigenvalue weighted by Crippen LogP contribution is -2.19. The van der Waals surface area contributed by atoms with Crippen molar-refractivity contribution in [3.05, 3.63) is 35.3 Å². The SMILES string of the molecule is O=C1CSc2ccc(C(=O)Nc3nccs3)cc2N1. The number of anilines is 2. The molecule has 0 radical (unpaired) electrons. The van der Waals surface area contributed by atoms with Crippen LogP contribution in [0.15, 0.2) is 34.7 Å². The molecular formula is C12H9N3O2S2. The van der Waals surface area contributed by atoms with Gasteiger partial charge in [-0.05, 0) is 18.2 Å². The van der Waals surface area contributed by atoms with Crippen LogP contribution in [-0.4, -0.2) is 22.6 Å². The Morgan fingerprint density at radius 3 is 3.11 bits per heavy atom. The number of thioether (sulfide) groups is 1. The number of carbonyl (C=O) groups excluding carboxylic acids is 2. The average Bonchev–Trinajstić information content (AvgIpc) is 2.90. The second-order valence-corrected chi connectivity index (χ2v) is 5.75. The highest BCUT2D eigenvalue weighted by atomic mass is 32.2. The maximum Gasteiger partial charge on any atom is 0.257 e. The molecule has 1 aliphatic heterocycles. The molecule has 2 heterocycles. The van der Waals surface area contributed by atoms with Gasteiger partial charge in [0.2, 0.25) is 5.91 Å². The summed E-state index contributed by atoms with van der Waals surface area (Å²) in [5.41, 5.74) is 1.18. The van der Waals surface area contributed by atoms with Crippen molar-refractivity contribution in [2.24, 2.45) is 0 Å². The zero-order chi connectivity index (χ0) is 13.2. The van der Waals surface area contributed by atoms with Crippen LogP contribution in [0.2, 0.25) is 0 Å². The van der Waals surface area contributed by atoms with Gasteiger partial charge in [0, 0.05) is 22.0 Å². The second kappa shape index (κ2) is 5.02. The lowest BCUT2D eigenvalue weighted by Gasteiger charge is -2.16. The van der Waals surface area contributed by atoms with E-state index in [0.717, 1.165) is 4.90 Å². The molecule has 0 unspecified atom stereocenters. The molecule has 0 aliphatic carbocycles. The Labute approximate surface area is 117 Å². The van der Waals surface area contributed by atoms with Crippen LogP contribution < -0.4 is 10.6 Å². The van der Waals surface area contributed by atoms with Gasteiger partial charge in [0.25, 0.3) is 5.91 Å². The molecule has 0 atom stereocenters. The van der Waals surface area contributed by atoms with E-state index >= 15 is 0 Å². The van der Waals surface area contributed by atoms with Gasteiger partial charge in [0.15, 0.2) is 5.13 Å². The van der Waals surface area contributed by atoms with Crippen LogP contribution in [0.5, 0.6) is 0 Å². The van der Waals surface area contributed by atoms with Gasteiger partial charge in [-0.3, -0.25) is 14.9 Å². The van der Waals surface area contributed by atoms with E-state index in [2.05, 4.69) is 15.6 Å². The Kier molecular flexibility index (Phi) is 3.22. The van der Waals surface area contributed by atoms with Gasteiger partial charge in [-0.25, -0.2) is 4.98 Å². The molecule has 96 valence electrons. The number of nitrogens with one attached hydrogen (secondary N) is 2. The minimum atomic E-state index is -0.234. The van der Waals surface area contributed by atoms with Crippen molar-refractivity contribution in [2.75, 3.05) is 16.4 Å². The topological polar surface area (TPSA) is 71.1 Å². The highest BCUT2D eigenvalue weighted by Gasteiger charge is 2.17. The third-order valence-corrected chi connectivity index (χ3v) is 4.29. The van der Waals surface area contributed by atoms with Gasteiger partial charge in [-0.1, -0.05) is 0 Å². The van der Waals surface area contributed by atoms with Crippen LogP contribution in [0.4, 0.5) is 10.8 Å². The van der Waals surface area contributed by atoms with Gasteiger partial charge in [-0.2, -0.15) is 0 Å². The van der Waals surface area contributed by atoms with Crippen molar-refractivity contribution in [3.8, 4) is 0 Å². The molecule has 7 heteroatoms. The molecule has 2 N–H and O–H groups in total. The molecule has 2 amide bonds. The molecule has 2 aromatic rings. The van der Waals surface area contributed by atoms with E-state index in [4.69, 9.17) is 0 Å². The minimum Gasteiger partial charge on any atom is -0.324 e. The first-order chi connectivity index (χ1) is 9.22. The third kappa shape index (κ3) is 2.61. The fraction of sp³-hybridized carbons (Fsp3) is 0.0833. The number of hydrogen-bond donors (Lipinski definition) is 2. The Bertz CT molecular complexity index is 640. The number of nitrogens with zero attached hydrogens (tertiary/aromatic N) is 1. The number of aromatic nitrogens is 1. The van der Waals surface area contributed by atoms with E-state index in [1.54, 1.807) is 23.7 Å². The minimum absolute atomic E-state index is 0.0463. The summed E-state index contributed by atoms with van der Waals surface area (Å²) in [7, 11) is 0. The maximum atomic E-state index is 12.0. The summed E-state index contributed by atoms with van der Waals surface area (Å²) in [6.07, 6.45) is 1.63. The zero-order valence-corrected chi connectivity index (χ0v) is 11.3. The summed E-state index contributed by atoms with van der Waals surface area (Å²) in [5.74, 6) is 0.134. The Balaban J connectivity index is 1.83. The highest BCUT2D eigenvalue weighted by Crippen LogP contribution is 2.32. The number of fused-ring (bicyclic) bond motifs is 1. The van der Waals surface area contributed by atoms with Gasteiger partial charge >= 0.3 is 0 Å². The van der Waals surface area contributed by atoms with Crippen molar-refractivity contribution in [1.82, 2.24) is 4.98 Å². The number of hydrogen-bond acceptors (Lipinski definition) is 5. The molecule has 3 rings (SSSR count). The lowest BCUT2D eigenvalue weighted by molar-refractivity contribution is -0.113. The van der Waals surface area contributed by atoms with Gasteiger partial charge in [0.1, 0.15) is 0 Å². The molecule has 0 fully saturated rings. The summed E-state index contributed by atoms with van der Waals surface area (Å²) < 4.78 is 0. The third-order valence-electron chi connectivity index (χ3n) is 2.53. The maximum absolute atomic E-state index is 12.0. The fourth-order valence-electron chi connectivity index (χ4n) is 1.68. The van der Waals surface area contributed by atoms with Crippen molar-refractivity contribution in [1.29, 1.82) is 0 Å². The average molecular weight is 291 g/mol. The summed E-state index contributed by atoms with van der Waals surface area (Å²) >= 11 is 2.83. The summed E-state index contributed by atoms with van der Waals surface area (Å²) in [6, 6.07) is 5.27. The van der Waals surface area contributed by atoms with Crippen LogP contribution in [0, 0.1) is 0 Å². The van der Waals surface area contributed by atoms with Crippen molar-refractivity contribution < 1.29 is 9.59 Å². The standard InChI is InChI=1S/C12H9N3O2S2/c16-10-6-19-9-2-1-7(5-8(9)14-10)11(17)15-12-13-3-4-18-12/h1-5H,6H2,(H,14,16)(H,13,15,17). The molecule has 5 nitrogen and oxygen atoms in total. The van der Waals surface area contributed by atoms with Crippen LogP contribution >= 0.6 is 23.1 Å². The molecular weight excluding hydrogens is 282 g/mol. The van der Waals surface area contributed by atoms with Crippen molar-refractivity contribution in [3.63, 3.8) is 0 Å². The van der Waals surface area contributed by atoms with Crippen LogP contribution in [0.3, 0.4) is 0 Å². The van der Waals surface area contributed by atoms with Gasteiger partial charge in [-0.15, -0.1) is 23.1 Å². The number of carbonyl (C=O) groups is 2. The van der Waals surface area contributed by atoms with Crippen LogP contribution in [-0.2, 0) is 4.79 Å². The number of rotatable bonds is 2. The van der Waals surface area contributed by atoms with Crippen LogP contribution in [0.25, 0.3) is 0 Å². The van der Waals surface area contributed by atoms with Gasteiger partial charge < -0.3 is 5.32 Å². The Morgan fingerprint density at radius 1 is 1.42 bits per heavy atom. The molecule has 0 bridgehead atoms. The smallest absolute Gasteiger partial charge is 0.257 e. The lowest BCUT2D eigenvalue weighted by atomic mass is 10.2. The molecule has 0 saturated heterocycles.